The van der Waals surface area contributed by atoms with Crippen LogP contribution in [-0.4, -0.2) is 15.0 Å². The summed E-state index contributed by atoms with van der Waals surface area (Å²) in [4.78, 5) is 0.201. The van der Waals surface area contributed by atoms with Crippen molar-refractivity contribution in [2.75, 3.05) is 6.61 Å². The Kier molecular flexibility index (Phi) is 4.61. The van der Waals surface area contributed by atoms with Crippen LogP contribution in [0.1, 0.15) is 6.92 Å². The third-order valence-corrected chi connectivity index (χ3v) is 2.70. The van der Waals surface area contributed by atoms with Gasteiger partial charge < -0.3 is 6.15 Å². The van der Waals surface area contributed by atoms with Gasteiger partial charge in [0.1, 0.15) is 0 Å². The highest BCUT2D eigenvalue weighted by Gasteiger charge is 2.11. The molecule has 0 heterocycles. The molecule has 0 unspecified atom stereocenters. The zero-order valence-electron chi connectivity index (χ0n) is 7.43. The van der Waals surface area contributed by atoms with Crippen LogP contribution in [-0.2, 0) is 14.3 Å². The SMILES string of the molecule is CCOS(=O)(=O)c1ccccc1.N. The lowest BCUT2D eigenvalue weighted by Gasteiger charge is -2.01. The highest BCUT2D eigenvalue weighted by atomic mass is 32.2. The molecule has 13 heavy (non-hydrogen) atoms. The van der Waals surface area contributed by atoms with Crippen LogP contribution >= 0.6 is 0 Å². The van der Waals surface area contributed by atoms with E-state index in [9.17, 15) is 8.42 Å². The van der Waals surface area contributed by atoms with Crippen molar-refractivity contribution >= 4 is 10.1 Å². The fourth-order valence-corrected chi connectivity index (χ4v) is 1.75. The minimum absolute atomic E-state index is 0. The third-order valence-electron chi connectivity index (χ3n) is 1.30. The van der Waals surface area contributed by atoms with Gasteiger partial charge in [0.25, 0.3) is 10.1 Å². The molecule has 0 aliphatic rings. The normalized spacial score (nSPS) is 10.5. The first kappa shape index (κ1) is 12.1. The van der Waals surface area contributed by atoms with Crippen molar-refractivity contribution in [1.82, 2.24) is 6.15 Å². The maximum absolute atomic E-state index is 11.2. The molecule has 4 nitrogen and oxygen atoms in total. The van der Waals surface area contributed by atoms with Crippen LogP contribution in [0.4, 0.5) is 0 Å². The molecule has 1 aromatic rings. The molecule has 0 aliphatic heterocycles. The van der Waals surface area contributed by atoms with Gasteiger partial charge in [0.2, 0.25) is 0 Å². The van der Waals surface area contributed by atoms with Gasteiger partial charge in [0.15, 0.2) is 0 Å². The van der Waals surface area contributed by atoms with Crippen LogP contribution in [0.15, 0.2) is 35.2 Å². The quantitative estimate of drug-likeness (QED) is 0.756. The average molecular weight is 203 g/mol. The molecule has 0 saturated heterocycles. The van der Waals surface area contributed by atoms with Gasteiger partial charge in [-0.1, -0.05) is 18.2 Å². The van der Waals surface area contributed by atoms with Crippen LogP contribution in [0, 0.1) is 0 Å². The second-order valence-corrected chi connectivity index (χ2v) is 3.79. The molecule has 5 heteroatoms. The Hall–Kier alpha value is -0.910. The first-order chi connectivity index (χ1) is 5.67. The van der Waals surface area contributed by atoms with Gasteiger partial charge in [-0.3, -0.25) is 4.18 Å². The summed E-state index contributed by atoms with van der Waals surface area (Å²) in [5, 5.41) is 0. The van der Waals surface area contributed by atoms with Gasteiger partial charge in [0.05, 0.1) is 11.5 Å². The van der Waals surface area contributed by atoms with E-state index in [-0.39, 0.29) is 17.7 Å². The smallest absolute Gasteiger partial charge is 0.296 e. The van der Waals surface area contributed by atoms with Crippen LogP contribution < -0.4 is 6.15 Å². The topological polar surface area (TPSA) is 78.4 Å². The fraction of sp³-hybridized carbons (Fsp3) is 0.250. The maximum Gasteiger partial charge on any atom is 0.296 e. The molecule has 0 spiro atoms. The van der Waals surface area contributed by atoms with Crippen LogP contribution in [0.5, 0.6) is 0 Å². The lowest BCUT2D eigenvalue weighted by atomic mass is 10.4. The van der Waals surface area contributed by atoms with Crippen molar-refractivity contribution in [2.24, 2.45) is 0 Å². The summed E-state index contributed by atoms with van der Waals surface area (Å²) in [5.74, 6) is 0. The molecule has 0 bridgehead atoms. The van der Waals surface area contributed by atoms with Crippen molar-refractivity contribution in [3.63, 3.8) is 0 Å². The minimum Gasteiger partial charge on any atom is -0.344 e. The second kappa shape index (κ2) is 4.96. The van der Waals surface area contributed by atoms with Gasteiger partial charge in [-0.2, -0.15) is 8.42 Å². The van der Waals surface area contributed by atoms with Crippen LogP contribution in [0.2, 0.25) is 0 Å². The summed E-state index contributed by atoms with van der Waals surface area (Å²) in [6.07, 6.45) is 0. The van der Waals surface area contributed by atoms with Crippen molar-refractivity contribution in [3.8, 4) is 0 Å². The summed E-state index contributed by atoms with van der Waals surface area (Å²) in [6, 6.07) is 8.08. The van der Waals surface area contributed by atoms with Gasteiger partial charge >= 0.3 is 0 Å². The summed E-state index contributed by atoms with van der Waals surface area (Å²) in [6.45, 7) is 1.80. The molecule has 0 amide bonds. The molecule has 0 aliphatic carbocycles. The van der Waals surface area contributed by atoms with E-state index in [0.29, 0.717) is 0 Å². The number of benzene rings is 1. The Morgan fingerprint density at radius 3 is 2.23 bits per heavy atom. The van der Waals surface area contributed by atoms with E-state index in [2.05, 4.69) is 4.18 Å². The van der Waals surface area contributed by atoms with Crippen molar-refractivity contribution in [3.05, 3.63) is 30.3 Å². The van der Waals surface area contributed by atoms with E-state index < -0.39 is 10.1 Å². The van der Waals surface area contributed by atoms with Crippen molar-refractivity contribution in [2.45, 2.75) is 11.8 Å². The summed E-state index contributed by atoms with van der Waals surface area (Å²) in [7, 11) is -3.51. The highest BCUT2D eigenvalue weighted by molar-refractivity contribution is 7.86. The zero-order valence-corrected chi connectivity index (χ0v) is 8.25. The lowest BCUT2D eigenvalue weighted by Crippen LogP contribution is -2.05. The zero-order chi connectivity index (χ0) is 9.03. The molecule has 0 fully saturated rings. The largest absolute Gasteiger partial charge is 0.344 e. The molecular formula is C8H13NO3S. The Bertz CT molecular complexity index is 334. The summed E-state index contributed by atoms with van der Waals surface area (Å²) >= 11 is 0. The standard InChI is InChI=1S/C8H10O3S.H3N/c1-2-11-12(9,10)8-6-4-3-5-7-8;/h3-7H,2H2,1H3;1H3. The molecule has 0 saturated carbocycles. The Morgan fingerprint density at radius 1 is 1.23 bits per heavy atom. The number of hydrogen-bond donors (Lipinski definition) is 1. The summed E-state index contributed by atoms with van der Waals surface area (Å²) in [5.41, 5.74) is 0. The van der Waals surface area contributed by atoms with Crippen molar-refractivity contribution in [1.29, 1.82) is 0 Å². The highest BCUT2D eigenvalue weighted by Crippen LogP contribution is 2.10. The Balaban J connectivity index is 0.00000144. The fourth-order valence-electron chi connectivity index (χ4n) is 0.810. The Labute approximate surface area is 78.2 Å². The molecule has 0 atom stereocenters. The number of rotatable bonds is 3. The van der Waals surface area contributed by atoms with E-state index >= 15 is 0 Å². The first-order valence-corrected chi connectivity index (χ1v) is 5.02. The third kappa shape index (κ3) is 3.14. The monoisotopic (exact) mass is 203 g/mol. The van der Waals surface area contributed by atoms with Crippen molar-refractivity contribution < 1.29 is 12.6 Å². The van der Waals surface area contributed by atoms with Gasteiger partial charge in [-0.25, -0.2) is 0 Å². The summed E-state index contributed by atoms with van der Waals surface area (Å²) < 4.78 is 27.0. The predicted octanol–water partition coefficient (Wildman–Crippen LogP) is 1.57. The van der Waals surface area contributed by atoms with Gasteiger partial charge in [-0.15, -0.1) is 0 Å². The van der Waals surface area contributed by atoms with E-state index in [4.69, 9.17) is 0 Å². The second-order valence-electron chi connectivity index (χ2n) is 2.17. The molecule has 74 valence electrons. The van der Waals surface area contributed by atoms with Gasteiger partial charge in [0, 0.05) is 0 Å². The molecule has 0 aromatic heterocycles. The van der Waals surface area contributed by atoms with Crippen LogP contribution in [0.3, 0.4) is 0 Å². The van der Waals surface area contributed by atoms with E-state index in [1.807, 2.05) is 0 Å². The predicted molar refractivity (Wildman–Crippen MR) is 50.3 cm³/mol. The molecule has 1 rings (SSSR count). The molecule has 3 N–H and O–H groups in total. The van der Waals surface area contributed by atoms with E-state index in [1.54, 1.807) is 25.1 Å². The molecule has 0 radical (unpaired) electrons. The minimum atomic E-state index is -3.51. The molecule has 1 aromatic carbocycles. The van der Waals surface area contributed by atoms with Crippen LogP contribution in [0.25, 0.3) is 0 Å². The maximum atomic E-state index is 11.2. The molecular weight excluding hydrogens is 190 g/mol. The Morgan fingerprint density at radius 2 is 1.77 bits per heavy atom. The van der Waals surface area contributed by atoms with Gasteiger partial charge in [-0.05, 0) is 19.1 Å². The first-order valence-electron chi connectivity index (χ1n) is 3.61. The van der Waals surface area contributed by atoms with E-state index in [1.165, 1.54) is 12.1 Å². The van der Waals surface area contributed by atoms with E-state index in [0.717, 1.165) is 0 Å². The average Bonchev–Trinajstić information content (AvgIpc) is 2.06. The number of hydrogen-bond acceptors (Lipinski definition) is 4. The lowest BCUT2D eigenvalue weighted by molar-refractivity contribution is 0.338.